The Hall–Kier alpha value is -1.81. The average Bonchev–Trinajstić information content (AvgIpc) is 3.36. The molecular formula is C42H59BrN2O3S3. The van der Waals surface area contributed by atoms with Crippen LogP contribution in [0.5, 0.6) is 0 Å². The van der Waals surface area contributed by atoms with Gasteiger partial charge in [-0.1, -0.05) is 187 Å². The highest BCUT2D eigenvalue weighted by molar-refractivity contribution is 9.10. The predicted molar refractivity (Wildman–Crippen MR) is 226 cm³/mol. The number of anilines is 2. The van der Waals surface area contributed by atoms with Gasteiger partial charge < -0.3 is 10.0 Å². The van der Waals surface area contributed by atoms with Gasteiger partial charge in [-0.2, -0.15) is 0 Å². The minimum atomic E-state index is -1.07. The zero-order chi connectivity index (χ0) is 36.4. The number of hydrogen-bond donors (Lipinski definition) is 1. The third kappa shape index (κ3) is 13.8. The lowest BCUT2D eigenvalue weighted by molar-refractivity contribution is -0.140. The quantitative estimate of drug-likeness (QED) is 0.0608. The van der Waals surface area contributed by atoms with Crippen LogP contribution in [-0.4, -0.2) is 39.3 Å². The van der Waals surface area contributed by atoms with Crippen LogP contribution in [0.4, 0.5) is 11.4 Å². The Morgan fingerprint density at radius 3 is 1.80 bits per heavy atom. The molecule has 280 valence electrons. The molecular weight excluding hydrogens is 757 g/mol. The normalized spacial score (nSPS) is 15.5. The largest absolute Gasteiger partial charge is 0.480 e. The molecule has 0 aromatic heterocycles. The first-order valence-electron chi connectivity index (χ1n) is 19.7. The second kappa shape index (κ2) is 23.1. The van der Waals surface area contributed by atoms with Crippen LogP contribution >= 0.6 is 51.7 Å². The van der Waals surface area contributed by atoms with Crippen LogP contribution in [-0.2, 0) is 9.59 Å². The summed E-state index contributed by atoms with van der Waals surface area (Å²) in [4.78, 5) is 30.8. The van der Waals surface area contributed by atoms with E-state index >= 15 is 0 Å². The summed E-state index contributed by atoms with van der Waals surface area (Å²) in [6, 6.07) is 13.1. The topological polar surface area (TPSA) is 60.9 Å². The van der Waals surface area contributed by atoms with Crippen molar-refractivity contribution in [3.05, 3.63) is 51.3 Å². The number of unbranched alkanes of at least 4 members (excludes halogenated alkanes) is 16. The Kier molecular flexibility index (Phi) is 19.0. The van der Waals surface area contributed by atoms with E-state index < -0.39 is 12.5 Å². The van der Waals surface area contributed by atoms with Crippen LogP contribution in [0.3, 0.4) is 0 Å². The highest BCUT2D eigenvalue weighted by Gasteiger charge is 2.33. The van der Waals surface area contributed by atoms with E-state index in [0.29, 0.717) is 10.8 Å². The van der Waals surface area contributed by atoms with Crippen molar-refractivity contribution in [3.8, 4) is 0 Å². The molecule has 0 bridgehead atoms. The summed E-state index contributed by atoms with van der Waals surface area (Å²) in [5.41, 5.74) is 3.40. The highest BCUT2D eigenvalue weighted by Crippen LogP contribution is 2.50. The summed E-state index contributed by atoms with van der Waals surface area (Å²) >= 11 is 12.0. The van der Waals surface area contributed by atoms with Crippen molar-refractivity contribution in [1.82, 2.24) is 4.90 Å². The summed E-state index contributed by atoms with van der Waals surface area (Å²) in [7, 11) is 0. The lowest BCUT2D eigenvalue weighted by Crippen LogP contribution is -2.33. The first kappa shape index (κ1) is 41.9. The van der Waals surface area contributed by atoms with Gasteiger partial charge in [0, 0.05) is 20.8 Å². The number of hydrogen-bond acceptors (Lipinski definition) is 6. The summed E-state index contributed by atoms with van der Waals surface area (Å²) in [6.07, 6.45) is 28.8. The maximum Gasteiger partial charge on any atom is 0.323 e. The van der Waals surface area contributed by atoms with E-state index in [9.17, 15) is 14.7 Å². The van der Waals surface area contributed by atoms with Crippen molar-refractivity contribution in [3.63, 3.8) is 0 Å². The van der Waals surface area contributed by atoms with Crippen LogP contribution in [0.1, 0.15) is 148 Å². The van der Waals surface area contributed by atoms with E-state index in [1.165, 1.54) is 161 Å². The number of carboxylic acids is 1. The molecule has 1 N–H and O–H groups in total. The van der Waals surface area contributed by atoms with E-state index in [1.54, 1.807) is 11.8 Å². The second-order valence-electron chi connectivity index (χ2n) is 14.3. The molecule has 0 saturated carbocycles. The molecule has 2 aliphatic heterocycles. The molecule has 51 heavy (non-hydrogen) atoms. The van der Waals surface area contributed by atoms with Gasteiger partial charge in [0.05, 0.1) is 16.3 Å². The summed E-state index contributed by atoms with van der Waals surface area (Å²) in [5, 5.41) is 9.24. The number of fused-ring (bicyclic) bond motifs is 2. The van der Waals surface area contributed by atoms with Crippen LogP contribution < -0.4 is 4.90 Å². The monoisotopic (exact) mass is 814 g/mol. The number of thioether (sulfide) groups is 1. The third-order valence-electron chi connectivity index (χ3n) is 10.0. The van der Waals surface area contributed by atoms with Gasteiger partial charge in [-0.25, -0.2) is 0 Å². The molecule has 0 spiro atoms. The third-order valence-corrected chi connectivity index (χ3v) is 13.0. The Balaban J connectivity index is 1.45. The van der Waals surface area contributed by atoms with Crippen molar-refractivity contribution < 1.29 is 14.7 Å². The van der Waals surface area contributed by atoms with Gasteiger partial charge in [-0.3, -0.25) is 14.5 Å². The first-order valence-corrected chi connectivity index (χ1v) is 22.5. The molecule has 5 nitrogen and oxygen atoms in total. The van der Waals surface area contributed by atoms with E-state index in [2.05, 4.69) is 71.1 Å². The molecule has 1 atom stereocenters. The molecule has 2 heterocycles. The molecule has 2 aromatic rings. The van der Waals surface area contributed by atoms with Gasteiger partial charge in [-0.05, 0) is 60.7 Å². The predicted octanol–water partition coefficient (Wildman–Crippen LogP) is 13.8. The minimum absolute atomic E-state index is 0.288. The zero-order valence-corrected chi connectivity index (χ0v) is 35.0. The molecule has 1 amide bonds. The fraction of sp³-hybridized carbons (Fsp3) is 0.595. The molecule has 2 aliphatic rings. The fourth-order valence-corrected chi connectivity index (χ4v) is 10.1. The van der Waals surface area contributed by atoms with Gasteiger partial charge in [-0.15, -0.1) is 0 Å². The molecule has 1 unspecified atom stereocenters. The van der Waals surface area contributed by atoms with Crippen molar-refractivity contribution in [2.45, 2.75) is 152 Å². The second-order valence-corrected chi connectivity index (χ2v) is 18.0. The Bertz CT molecular complexity index is 1460. The molecule has 4 rings (SSSR count). The van der Waals surface area contributed by atoms with Gasteiger partial charge in [0.1, 0.15) is 10.9 Å². The molecule has 1 saturated heterocycles. The molecule has 0 aliphatic carbocycles. The van der Waals surface area contributed by atoms with E-state index in [4.69, 9.17) is 12.2 Å². The first-order chi connectivity index (χ1) is 24.8. The maximum absolute atomic E-state index is 13.0. The molecule has 0 radical (unpaired) electrons. The van der Waals surface area contributed by atoms with Gasteiger partial charge >= 0.3 is 5.97 Å². The fourth-order valence-electron chi connectivity index (χ4n) is 7.16. The summed E-state index contributed by atoms with van der Waals surface area (Å²) in [5.74, 6) is -0.789. The molecule has 1 fully saturated rings. The van der Waals surface area contributed by atoms with Crippen molar-refractivity contribution in [2.24, 2.45) is 5.92 Å². The minimum Gasteiger partial charge on any atom is -0.480 e. The number of halogens is 1. The smallest absolute Gasteiger partial charge is 0.323 e. The number of nitrogens with zero attached hydrogens (tertiary/aromatic N) is 2. The zero-order valence-electron chi connectivity index (χ0n) is 30.9. The number of thiocarbonyl (C=S) groups is 1. The number of amides is 1. The van der Waals surface area contributed by atoms with Crippen LogP contribution in [0.25, 0.3) is 6.08 Å². The maximum atomic E-state index is 13.0. The van der Waals surface area contributed by atoms with Gasteiger partial charge in [0.15, 0.2) is 0 Å². The van der Waals surface area contributed by atoms with Crippen LogP contribution in [0.2, 0.25) is 0 Å². The Morgan fingerprint density at radius 2 is 1.25 bits per heavy atom. The lowest BCUT2D eigenvalue weighted by Gasteiger charge is -2.36. The highest BCUT2D eigenvalue weighted by atomic mass is 79.9. The Labute approximate surface area is 330 Å². The van der Waals surface area contributed by atoms with E-state index in [1.807, 2.05) is 6.08 Å². The van der Waals surface area contributed by atoms with E-state index in [-0.39, 0.29) is 10.2 Å². The number of carboxylic acid groups (broad SMARTS) is 1. The van der Waals surface area contributed by atoms with Crippen molar-refractivity contribution in [2.75, 3.05) is 18.0 Å². The van der Waals surface area contributed by atoms with Crippen molar-refractivity contribution in [1.29, 1.82) is 0 Å². The van der Waals surface area contributed by atoms with Crippen molar-refractivity contribution >= 4 is 85.3 Å². The number of aliphatic carboxylic acids is 1. The lowest BCUT2D eigenvalue weighted by atomic mass is 9.93. The number of carbonyl (C=O) groups excluding carboxylic acids is 1. The standard InChI is InChI=1S/C42H59BrN2O3S3/c1-3-5-7-9-11-13-14-16-18-20-22-32(21-19-17-15-12-10-8-6-4-2)30-44-35-25-23-33(27-37(35)50-38-29-34(43)24-26-36(38)44)28-39-41(48)45(31-40(46)47)42(49)51-39/h23-29,32H,3-22,30-31H2,1-2H3,(H,46,47)/b39-28-. The summed E-state index contributed by atoms with van der Waals surface area (Å²) in [6.45, 7) is 5.16. The Morgan fingerprint density at radius 1 is 0.745 bits per heavy atom. The summed E-state index contributed by atoms with van der Waals surface area (Å²) < 4.78 is 1.35. The number of rotatable bonds is 25. The number of benzene rings is 2. The van der Waals surface area contributed by atoms with Gasteiger partial charge in [0.2, 0.25) is 0 Å². The SMILES string of the molecule is CCCCCCCCCCCCC(CCCCCCCCCC)CN1c2ccc(Br)cc2Sc2cc(/C=C3\SC(=S)N(CC(=O)O)C3=O)ccc21. The van der Waals surface area contributed by atoms with Gasteiger partial charge in [0.25, 0.3) is 5.91 Å². The van der Waals surface area contributed by atoms with E-state index in [0.717, 1.165) is 21.5 Å². The number of carbonyl (C=O) groups is 2. The van der Waals surface area contributed by atoms with Crippen LogP contribution in [0, 0.1) is 5.92 Å². The average molecular weight is 816 g/mol. The van der Waals surface area contributed by atoms with Crippen LogP contribution in [0.15, 0.2) is 55.6 Å². The molecule has 9 heteroatoms. The molecule has 2 aromatic carbocycles.